The number of carboxylic acids is 1. The number of carbonyl (C=O) groups excluding carboxylic acids is 4. The molecule has 256 valence electrons. The number of ketones is 1. The molecule has 1 aliphatic heterocycles. The summed E-state index contributed by atoms with van der Waals surface area (Å²) < 4.78 is 22.5. The number of benzene rings is 2. The predicted molar refractivity (Wildman–Crippen MR) is 167 cm³/mol. The maximum Gasteiger partial charge on any atom is 0.353 e. The number of carbonyl (C=O) groups is 5. The monoisotopic (exact) mass is 665 g/mol. The van der Waals surface area contributed by atoms with Crippen LogP contribution in [0.25, 0.3) is 0 Å². The highest BCUT2D eigenvalue weighted by molar-refractivity contribution is 5.89. The van der Waals surface area contributed by atoms with E-state index in [2.05, 4.69) is 5.32 Å². The average molecular weight is 666 g/mol. The largest absolute Gasteiger partial charge is 0.504 e. The number of likely N-dealkylation sites (N-methyl/N-ethyl adjacent to an activating group) is 1. The topological polar surface area (TPSA) is 195 Å². The van der Waals surface area contributed by atoms with Gasteiger partial charge in [0.05, 0.1) is 23.4 Å². The second-order valence-corrected chi connectivity index (χ2v) is 12.5. The Hall–Kier alpha value is -4.75. The molecule has 0 saturated carbocycles. The van der Waals surface area contributed by atoms with E-state index in [1.807, 2.05) is 6.92 Å². The van der Waals surface area contributed by atoms with Gasteiger partial charge in [0.2, 0.25) is 6.10 Å². The van der Waals surface area contributed by atoms with Gasteiger partial charge in [-0.25, -0.2) is 9.59 Å². The Bertz CT molecular complexity index is 1650. The first-order valence-electron chi connectivity index (χ1n) is 15.8. The lowest BCUT2D eigenvalue weighted by Gasteiger charge is -2.56. The molecule has 0 bridgehead atoms. The average Bonchev–Trinajstić information content (AvgIpc) is 3.43. The van der Waals surface area contributed by atoms with Crippen molar-refractivity contribution in [2.75, 3.05) is 7.05 Å². The van der Waals surface area contributed by atoms with Crippen LogP contribution in [0.3, 0.4) is 0 Å². The molecule has 0 amide bonds. The molecule has 4 N–H and O–H groups in total. The minimum Gasteiger partial charge on any atom is -0.504 e. The third-order valence-corrected chi connectivity index (χ3v) is 9.61. The van der Waals surface area contributed by atoms with Gasteiger partial charge in [-0.15, -0.1) is 0 Å². The Balaban J connectivity index is 1.39. The molecule has 3 aliphatic rings. The molecule has 0 aromatic heterocycles. The van der Waals surface area contributed by atoms with Crippen LogP contribution in [0.2, 0.25) is 0 Å². The molecule has 0 fully saturated rings. The molecule has 5 rings (SSSR count). The zero-order chi connectivity index (χ0) is 35.0. The SMILES string of the molecule is CC[C@]12c3c4ccc(O)c3O[C@H]1C(OC(=O)C[C@H](CC(C)=O)C(=O)O[C@H](C(=O)O[C@@H](C)C(=O)O)c1ccccc1)=CC[C@@]2(O)[C@H](NC)C4. The van der Waals surface area contributed by atoms with Gasteiger partial charge in [-0.1, -0.05) is 43.3 Å². The van der Waals surface area contributed by atoms with Gasteiger partial charge < -0.3 is 44.4 Å². The van der Waals surface area contributed by atoms with Gasteiger partial charge in [0.1, 0.15) is 11.5 Å². The van der Waals surface area contributed by atoms with Crippen LogP contribution in [0, 0.1) is 5.92 Å². The normalized spacial score (nSPS) is 25.3. The van der Waals surface area contributed by atoms with Gasteiger partial charge in [-0.2, -0.15) is 0 Å². The molecule has 48 heavy (non-hydrogen) atoms. The Morgan fingerprint density at radius 1 is 1.04 bits per heavy atom. The van der Waals surface area contributed by atoms with Crippen molar-refractivity contribution in [2.24, 2.45) is 5.92 Å². The first-order chi connectivity index (χ1) is 22.8. The summed E-state index contributed by atoms with van der Waals surface area (Å²) in [5.41, 5.74) is -0.698. The first-order valence-corrected chi connectivity index (χ1v) is 15.8. The van der Waals surface area contributed by atoms with Gasteiger partial charge in [-0.3, -0.25) is 9.59 Å². The van der Waals surface area contributed by atoms with Crippen LogP contribution in [-0.4, -0.2) is 75.9 Å². The molecule has 2 aliphatic carbocycles. The van der Waals surface area contributed by atoms with Crippen molar-refractivity contribution < 1.29 is 58.2 Å². The summed E-state index contributed by atoms with van der Waals surface area (Å²) in [6, 6.07) is 10.7. The highest BCUT2D eigenvalue weighted by atomic mass is 16.6. The van der Waals surface area contributed by atoms with Crippen molar-refractivity contribution in [1.82, 2.24) is 5.32 Å². The van der Waals surface area contributed by atoms with Crippen molar-refractivity contribution in [3.8, 4) is 11.5 Å². The van der Waals surface area contributed by atoms with E-state index in [0.717, 1.165) is 12.5 Å². The summed E-state index contributed by atoms with van der Waals surface area (Å²) in [5.74, 6) is -6.14. The number of rotatable bonds is 13. The highest BCUT2D eigenvalue weighted by Crippen LogP contribution is 2.63. The van der Waals surface area contributed by atoms with Gasteiger partial charge in [0.25, 0.3) is 0 Å². The van der Waals surface area contributed by atoms with Crippen molar-refractivity contribution in [3.63, 3.8) is 0 Å². The number of Topliss-reactive ketones (excluding diaryl/α,β-unsaturated/α-hetero) is 1. The van der Waals surface area contributed by atoms with Gasteiger partial charge >= 0.3 is 23.9 Å². The third kappa shape index (κ3) is 5.92. The number of aliphatic carboxylic acids is 1. The van der Waals surface area contributed by atoms with Gasteiger partial charge in [0, 0.05) is 30.0 Å². The zero-order valence-corrected chi connectivity index (χ0v) is 27.1. The van der Waals surface area contributed by atoms with E-state index in [9.17, 15) is 39.3 Å². The predicted octanol–water partition coefficient (Wildman–Crippen LogP) is 2.79. The fourth-order valence-corrected chi connectivity index (χ4v) is 7.32. The fourth-order valence-electron chi connectivity index (χ4n) is 7.32. The van der Waals surface area contributed by atoms with Crippen LogP contribution in [0.15, 0.2) is 54.3 Å². The number of ether oxygens (including phenoxy) is 4. The van der Waals surface area contributed by atoms with Crippen LogP contribution in [0.1, 0.15) is 69.2 Å². The minimum atomic E-state index is -1.67. The van der Waals surface area contributed by atoms with Crippen LogP contribution >= 0.6 is 0 Å². The number of hydrogen-bond donors (Lipinski definition) is 4. The third-order valence-electron chi connectivity index (χ3n) is 9.61. The number of esters is 3. The molecule has 13 heteroatoms. The second-order valence-electron chi connectivity index (χ2n) is 12.5. The fraction of sp³-hybridized carbons (Fsp3) is 0.457. The standard InChI is InChI=1S/C35H39NO12/c1-5-34-27-21-11-12-23(38)29(27)47-30(34)24(13-14-35(34,44)25(16-21)36-4)46-26(39)17-22(15-18(2)37)32(42)48-28(20-9-7-6-8-10-20)33(43)45-19(3)31(40)41/h6-13,19,22,25,28,30,36,38,44H,5,14-17H2,1-4H3,(H,40,41)/t19-,22-,25+,28-,30-,34-,35+/m0/s1. The highest BCUT2D eigenvalue weighted by Gasteiger charge is 2.69. The Labute approximate surface area is 276 Å². The maximum absolute atomic E-state index is 13.5. The maximum atomic E-state index is 13.5. The number of hydrogen-bond acceptors (Lipinski definition) is 12. The number of phenols is 1. The summed E-state index contributed by atoms with van der Waals surface area (Å²) >= 11 is 0. The number of aliphatic hydroxyl groups is 1. The van der Waals surface area contributed by atoms with Gasteiger partial charge in [-0.05, 0) is 51.4 Å². The number of aromatic hydroxyl groups is 1. The molecular formula is C35H39NO12. The molecule has 2 aromatic rings. The van der Waals surface area contributed by atoms with E-state index in [-0.39, 0.29) is 35.3 Å². The van der Waals surface area contributed by atoms with Crippen molar-refractivity contribution >= 4 is 29.7 Å². The van der Waals surface area contributed by atoms with Crippen LogP contribution < -0.4 is 10.1 Å². The molecule has 13 nitrogen and oxygen atoms in total. The van der Waals surface area contributed by atoms with Crippen molar-refractivity contribution in [2.45, 2.75) is 88.2 Å². The van der Waals surface area contributed by atoms with Crippen LogP contribution in [0.4, 0.5) is 0 Å². The lowest BCUT2D eigenvalue weighted by Crippen LogP contribution is -2.70. The number of phenolic OH excluding ortho intramolecular Hbond substituents is 1. The number of nitrogens with one attached hydrogen (secondary N) is 1. The Kier molecular flexibility index (Phi) is 9.65. The second kappa shape index (κ2) is 13.4. The van der Waals surface area contributed by atoms with Crippen LogP contribution in [0.5, 0.6) is 11.5 Å². The van der Waals surface area contributed by atoms with Crippen LogP contribution in [-0.2, 0) is 50.0 Å². The minimum absolute atomic E-state index is 0.0909. The summed E-state index contributed by atoms with van der Waals surface area (Å²) in [5, 5.41) is 35.4. The number of carboxylic acid groups (broad SMARTS) is 1. The first kappa shape index (κ1) is 34.6. The molecule has 7 atom stereocenters. The lowest BCUT2D eigenvalue weighted by molar-refractivity contribution is -0.179. The molecule has 0 saturated heterocycles. The van der Waals surface area contributed by atoms with E-state index in [4.69, 9.17) is 18.9 Å². The Morgan fingerprint density at radius 2 is 1.75 bits per heavy atom. The molecule has 1 heterocycles. The van der Waals surface area contributed by atoms with Crippen molar-refractivity contribution in [1.29, 1.82) is 0 Å². The van der Waals surface area contributed by atoms with Gasteiger partial charge in [0.15, 0.2) is 23.7 Å². The van der Waals surface area contributed by atoms with E-state index in [1.54, 1.807) is 37.4 Å². The molecular weight excluding hydrogens is 626 g/mol. The lowest BCUT2D eigenvalue weighted by atomic mass is 9.52. The molecule has 0 unspecified atom stereocenters. The van der Waals surface area contributed by atoms with Crippen molar-refractivity contribution in [3.05, 3.63) is 71.0 Å². The molecule has 0 radical (unpaired) electrons. The Morgan fingerprint density at radius 3 is 2.38 bits per heavy atom. The summed E-state index contributed by atoms with van der Waals surface area (Å²) in [6.07, 6.45) is -2.71. The summed E-state index contributed by atoms with van der Waals surface area (Å²) in [6.45, 7) is 4.26. The molecule has 0 spiro atoms. The van der Waals surface area contributed by atoms with E-state index in [0.29, 0.717) is 18.4 Å². The van der Waals surface area contributed by atoms with E-state index in [1.165, 1.54) is 25.1 Å². The van der Waals surface area contributed by atoms with E-state index < -0.39 is 77.7 Å². The zero-order valence-electron chi connectivity index (χ0n) is 27.1. The van der Waals surface area contributed by atoms with E-state index >= 15 is 0 Å². The molecule has 2 aromatic carbocycles. The quantitative estimate of drug-likeness (QED) is 0.180. The smallest absolute Gasteiger partial charge is 0.353 e. The summed E-state index contributed by atoms with van der Waals surface area (Å²) in [4.78, 5) is 63.4. The summed E-state index contributed by atoms with van der Waals surface area (Å²) in [7, 11) is 1.76.